The maximum absolute atomic E-state index is 5.18. The van der Waals surface area contributed by atoms with Gasteiger partial charge in [-0.1, -0.05) is 40.4 Å². The molecule has 0 heterocycles. The lowest BCUT2D eigenvalue weighted by Gasteiger charge is -2.24. The van der Waals surface area contributed by atoms with Crippen LogP contribution in [-0.2, 0) is 0 Å². The molecule has 78 valence electrons. The maximum Gasteiger partial charge on any atom is 0.158 e. The summed E-state index contributed by atoms with van der Waals surface area (Å²) in [4.78, 5) is 3.35. The van der Waals surface area contributed by atoms with Crippen LogP contribution >= 0.6 is 12.2 Å². The van der Waals surface area contributed by atoms with Crippen molar-refractivity contribution in [1.82, 2.24) is 10.3 Å². The van der Waals surface area contributed by atoms with Gasteiger partial charge >= 0.3 is 0 Å². The van der Waals surface area contributed by atoms with Gasteiger partial charge in [0.25, 0.3) is 0 Å². The van der Waals surface area contributed by atoms with Crippen molar-refractivity contribution in [1.29, 1.82) is 0 Å². The summed E-state index contributed by atoms with van der Waals surface area (Å²) in [6.45, 7) is 14.2. The largest absolute Gasteiger partial charge is 0.389 e. The van der Waals surface area contributed by atoms with Crippen molar-refractivity contribution in [3.8, 4) is 0 Å². The van der Waals surface area contributed by atoms with E-state index in [1.54, 1.807) is 0 Å². The lowest BCUT2D eigenvalue weighted by molar-refractivity contribution is 0.408. The lowest BCUT2D eigenvalue weighted by Crippen LogP contribution is -2.51. The van der Waals surface area contributed by atoms with Gasteiger partial charge in [-0.25, -0.2) is 0 Å². The molecule has 0 saturated carbocycles. The summed E-state index contributed by atoms with van der Waals surface area (Å²) in [5.41, 5.74) is 0.283. The van der Waals surface area contributed by atoms with Crippen LogP contribution in [0.4, 0.5) is 0 Å². The van der Waals surface area contributed by atoms with E-state index in [1.165, 1.54) is 0 Å². The first-order chi connectivity index (χ1) is 5.60. The predicted molar refractivity (Wildman–Crippen MR) is 66.5 cm³/mol. The molecule has 0 atom stereocenters. The molecule has 0 saturated heterocycles. The molecule has 0 aromatic rings. The number of nitrogens with one attached hydrogen (secondary N) is 2. The fourth-order valence-corrected chi connectivity index (χ4v) is 2.49. The summed E-state index contributed by atoms with van der Waals surface area (Å²) in [5.74, 6) is 0. The molecule has 2 nitrogen and oxygen atoms in total. The first kappa shape index (κ1) is 12.9. The van der Waals surface area contributed by atoms with Crippen molar-refractivity contribution >= 4 is 25.6 Å². The fourth-order valence-electron chi connectivity index (χ4n) is 0.730. The normalized spacial score (nSPS) is 12.5. The predicted octanol–water partition coefficient (Wildman–Crippen LogP) is 2.33. The monoisotopic (exact) mass is 218 g/mol. The number of hydrogen-bond donors (Lipinski definition) is 2. The van der Waals surface area contributed by atoms with Gasteiger partial charge < -0.3 is 10.3 Å². The summed E-state index contributed by atoms with van der Waals surface area (Å²) in [6, 6.07) is 0. The molecule has 13 heavy (non-hydrogen) atoms. The van der Waals surface area contributed by atoms with Crippen LogP contribution in [0.15, 0.2) is 0 Å². The molecule has 0 aliphatic rings. The molecule has 0 fully saturated rings. The Labute approximate surface area is 88.6 Å². The summed E-state index contributed by atoms with van der Waals surface area (Å²) in [7, 11) is -1.27. The third kappa shape index (κ3) is 9.82. The minimum Gasteiger partial charge on any atom is -0.389 e. The van der Waals surface area contributed by atoms with E-state index < -0.39 is 8.24 Å². The van der Waals surface area contributed by atoms with Crippen LogP contribution in [0.1, 0.15) is 20.8 Å². The van der Waals surface area contributed by atoms with E-state index >= 15 is 0 Å². The van der Waals surface area contributed by atoms with Gasteiger partial charge in [0.2, 0.25) is 0 Å². The third-order valence-corrected chi connectivity index (χ3v) is 2.70. The van der Waals surface area contributed by atoms with Gasteiger partial charge in [-0.15, -0.1) is 0 Å². The van der Waals surface area contributed by atoms with Crippen molar-refractivity contribution in [2.75, 3.05) is 6.54 Å². The Morgan fingerprint density at radius 3 is 2.00 bits per heavy atom. The van der Waals surface area contributed by atoms with Crippen molar-refractivity contribution in [2.24, 2.45) is 5.41 Å². The molecule has 0 rings (SSSR count). The number of rotatable bonds is 2. The van der Waals surface area contributed by atoms with E-state index in [0.717, 1.165) is 11.7 Å². The zero-order valence-electron chi connectivity index (χ0n) is 9.62. The first-order valence-electron chi connectivity index (χ1n) is 4.66. The van der Waals surface area contributed by atoms with E-state index in [-0.39, 0.29) is 5.41 Å². The van der Waals surface area contributed by atoms with Crippen LogP contribution in [0, 0.1) is 5.41 Å². The molecule has 0 unspecified atom stereocenters. The molecule has 2 N–H and O–H groups in total. The molecule has 0 spiro atoms. The van der Waals surface area contributed by atoms with Gasteiger partial charge in [0, 0.05) is 6.54 Å². The van der Waals surface area contributed by atoms with Crippen molar-refractivity contribution < 1.29 is 0 Å². The molecule has 0 bridgehead atoms. The van der Waals surface area contributed by atoms with Gasteiger partial charge in [0.05, 0.1) is 0 Å². The summed E-state index contributed by atoms with van der Waals surface area (Å²) in [5, 5.41) is 4.03. The van der Waals surface area contributed by atoms with Crippen LogP contribution in [0.2, 0.25) is 19.6 Å². The van der Waals surface area contributed by atoms with E-state index in [0.29, 0.717) is 0 Å². The minimum absolute atomic E-state index is 0.283. The highest BCUT2D eigenvalue weighted by molar-refractivity contribution is 7.80. The maximum atomic E-state index is 5.18. The van der Waals surface area contributed by atoms with Crippen molar-refractivity contribution in [3.05, 3.63) is 0 Å². The Bertz CT molecular complexity index is 179. The average molecular weight is 218 g/mol. The van der Waals surface area contributed by atoms with Crippen LogP contribution < -0.4 is 10.3 Å². The second-order valence-electron chi connectivity index (χ2n) is 5.62. The van der Waals surface area contributed by atoms with Gasteiger partial charge in [0.15, 0.2) is 5.11 Å². The summed E-state index contributed by atoms with van der Waals surface area (Å²) >= 11 is 5.18. The van der Waals surface area contributed by atoms with E-state index in [9.17, 15) is 0 Å². The van der Waals surface area contributed by atoms with Gasteiger partial charge in [-0.3, -0.25) is 0 Å². The molecule has 4 heteroatoms. The molecule has 0 aromatic carbocycles. The second kappa shape index (κ2) is 4.42. The Morgan fingerprint density at radius 1 is 1.23 bits per heavy atom. The van der Waals surface area contributed by atoms with Crippen LogP contribution in [0.5, 0.6) is 0 Å². The summed E-state index contributed by atoms with van der Waals surface area (Å²) < 4.78 is 0. The second-order valence-corrected chi connectivity index (χ2v) is 10.8. The fraction of sp³-hybridized carbons (Fsp3) is 0.889. The van der Waals surface area contributed by atoms with Crippen LogP contribution in [0.3, 0.4) is 0 Å². The Kier molecular flexibility index (Phi) is 4.39. The third-order valence-electron chi connectivity index (χ3n) is 1.27. The highest BCUT2D eigenvalue weighted by Gasteiger charge is 2.15. The zero-order chi connectivity index (χ0) is 10.7. The molecule has 0 radical (unpaired) electrons. The molecular weight excluding hydrogens is 196 g/mol. The Morgan fingerprint density at radius 2 is 1.69 bits per heavy atom. The Balaban J connectivity index is 3.78. The van der Waals surface area contributed by atoms with Crippen LogP contribution in [-0.4, -0.2) is 19.9 Å². The van der Waals surface area contributed by atoms with E-state index in [4.69, 9.17) is 12.2 Å². The highest BCUT2D eigenvalue weighted by Crippen LogP contribution is 2.10. The SMILES string of the molecule is CC(C)(C)CNC(=S)N[Si](C)(C)C. The number of hydrogen-bond acceptors (Lipinski definition) is 1. The molecular formula is C9H22N2SSi. The standard InChI is InChI=1S/C9H22N2SSi/c1-9(2,3)7-10-8(12)11-13(4,5)6/h7H2,1-6H3,(H2,10,11,12). The van der Waals surface area contributed by atoms with Crippen molar-refractivity contribution in [2.45, 2.75) is 40.4 Å². The molecule has 0 aromatic heterocycles. The zero-order valence-corrected chi connectivity index (χ0v) is 11.4. The van der Waals surface area contributed by atoms with E-state index in [2.05, 4.69) is 50.7 Å². The van der Waals surface area contributed by atoms with Crippen LogP contribution in [0.25, 0.3) is 0 Å². The smallest absolute Gasteiger partial charge is 0.158 e. The molecule has 0 amide bonds. The first-order valence-corrected chi connectivity index (χ1v) is 8.57. The molecule has 0 aliphatic heterocycles. The minimum atomic E-state index is -1.27. The van der Waals surface area contributed by atoms with E-state index in [1.807, 2.05) is 0 Å². The van der Waals surface area contributed by atoms with Gasteiger partial charge in [-0.2, -0.15) is 0 Å². The lowest BCUT2D eigenvalue weighted by atomic mass is 9.97. The van der Waals surface area contributed by atoms with Gasteiger partial charge in [-0.05, 0) is 17.6 Å². The Hall–Kier alpha value is -0.0931. The topological polar surface area (TPSA) is 24.1 Å². The van der Waals surface area contributed by atoms with Crippen molar-refractivity contribution in [3.63, 3.8) is 0 Å². The highest BCUT2D eigenvalue weighted by atomic mass is 32.1. The number of thiocarbonyl (C=S) groups is 1. The average Bonchev–Trinajstić information content (AvgIpc) is 1.78. The summed E-state index contributed by atoms with van der Waals surface area (Å²) in [6.07, 6.45) is 0. The quantitative estimate of drug-likeness (QED) is 0.549. The molecule has 0 aliphatic carbocycles. The van der Waals surface area contributed by atoms with Gasteiger partial charge in [0.1, 0.15) is 8.24 Å².